The van der Waals surface area contributed by atoms with Crippen molar-refractivity contribution in [1.82, 2.24) is 14.5 Å². The molecule has 0 spiro atoms. The largest absolute Gasteiger partial charge is 0.322 e. The van der Waals surface area contributed by atoms with E-state index in [2.05, 4.69) is 20.2 Å². The van der Waals surface area contributed by atoms with Gasteiger partial charge >= 0.3 is 0 Å². The molecule has 1 saturated heterocycles. The summed E-state index contributed by atoms with van der Waals surface area (Å²) in [6.07, 6.45) is 1.65. The molecule has 1 amide bonds. The molecule has 0 aliphatic carbocycles. The SMILES string of the molecule is CCc1nnc(NS(=O)(=O)c2ccc(NC(=O)c3ccc(S(=O)(=O)N4CC(C)CC(C)C4)cc3)cc2)s1. The molecule has 0 saturated carbocycles. The van der Waals surface area contributed by atoms with E-state index < -0.39 is 26.0 Å². The molecule has 3 aromatic rings. The minimum atomic E-state index is -3.86. The molecule has 0 radical (unpaired) electrons. The molecule has 2 unspecified atom stereocenters. The van der Waals surface area contributed by atoms with E-state index in [1.165, 1.54) is 52.8 Å². The predicted octanol–water partition coefficient (Wildman–Crippen LogP) is 3.82. The van der Waals surface area contributed by atoms with Crippen molar-refractivity contribution >= 4 is 48.1 Å². The van der Waals surface area contributed by atoms with Crippen molar-refractivity contribution in [3.05, 3.63) is 59.1 Å². The van der Waals surface area contributed by atoms with E-state index in [-0.39, 0.29) is 20.5 Å². The lowest BCUT2D eigenvalue weighted by Crippen LogP contribution is -2.42. The van der Waals surface area contributed by atoms with Crippen molar-refractivity contribution in [1.29, 1.82) is 0 Å². The number of amides is 1. The average molecular weight is 564 g/mol. The van der Waals surface area contributed by atoms with Crippen LogP contribution in [-0.2, 0) is 26.5 Å². The van der Waals surface area contributed by atoms with E-state index in [1.807, 2.05) is 20.8 Å². The van der Waals surface area contributed by atoms with Crippen LogP contribution in [0, 0.1) is 11.8 Å². The Bertz CT molecular complexity index is 1460. The lowest BCUT2D eigenvalue weighted by atomic mass is 9.94. The van der Waals surface area contributed by atoms with Gasteiger partial charge in [0.15, 0.2) is 0 Å². The van der Waals surface area contributed by atoms with E-state index in [9.17, 15) is 21.6 Å². The highest BCUT2D eigenvalue weighted by Gasteiger charge is 2.31. The Morgan fingerprint density at radius 1 is 0.946 bits per heavy atom. The van der Waals surface area contributed by atoms with E-state index >= 15 is 0 Å². The molecule has 2 atom stereocenters. The van der Waals surface area contributed by atoms with Gasteiger partial charge < -0.3 is 5.32 Å². The molecule has 37 heavy (non-hydrogen) atoms. The van der Waals surface area contributed by atoms with Gasteiger partial charge in [-0.25, -0.2) is 16.8 Å². The van der Waals surface area contributed by atoms with Crippen LogP contribution in [0.15, 0.2) is 58.3 Å². The van der Waals surface area contributed by atoms with Gasteiger partial charge in [-0.3, -0.25) is 9.52 Å². The summed E-state index contributed by atoms with van der Waals surface area (Å²) in [5.74, 6) is 0.136. The molecule has 1 fully saturated rings. The number of hydrogen-bond acceptors (Lipinski definition) is 8. The van der Waals surface area contributed by atoms with Crippen LogP contribution >= 0.6 is 11.3 Å². The molecule has 0 bridgehead atoms. The first-order chi connectivity index (χ1) is 17.5. The van der Waals surface area contributed by atoms with Gasteiger partial charge in [-0.15, -0.1) is 10.2 Å². The Morgan fingerprint density at radius 2 is 1.54 bits per heavy atom. The number of nitrogens with zero attached hydrogens (tertiary/aromatic N) is 3. The summed E-state index contributed by atoms with van der Waals surface area (Å²) >= 11 is 1.16. The first-order valence-corrected chi connectivity index (χ1v) is 15.6. The van der Waals surface area contributed by atoms with Gasteiger partial charge in [0.2, 0.25) is 15.2 Å². The van der Waals surface area contributed by atoms with Crippen LogP contribution in [0.5, 0.6) is 0 Å². The minimum Gasteiger partial charge on any atom is -0.322 e. The maximum absolute atomic E-state index is 13.1. The van der Waals surface area contributed by atoms with Crippen LogP contribution in [0.4, 0.5) is 10.8 Å². The number of anilines is 2. The summed E-state index contributed by atoms with van der Waals surface area (Å²) in [5, 5.41) is 11.3. The molecule has 1 aliphatic heterocycles. The number of benzene rings is 2. The fourth-order valence-corrected chi connectivity index (χ4v) is 7.85. The zero-order chi connectivity index (χ0) is 26.8. The Hall–Kier alpha value is -2.87. The van der Waals surface area contributed by atoms with Gasteiger partial charge in [0, 0.05) is 24.3 Å². The number of rotatable bonds is 8. The van der Waals surface area contributed by atoms with Crippen molar-refractivity contribution in [3.63, 3.8) is 0 Å². The highest BCUT2D eigenvalue weighted by Crippen LogP contribution is 2.27. The number of aryl methyl sites for hydroxylation is 1. The standard InChI is InChI=1S/C24H29N5O5S3/c1-4-22-26-27-24(35-22)28-36(31,32)20-11-7-19(8-12-20)25-23(30)18-5-9-21(10-6-18)37(33,34)29-14-16(2)13-17(3)15-29/h5-12,16-17H,4,13-15H2,1-3H3,(H,25,30)(H,27,28). The fraction of sp³-hybridized carbons (Fsp3) is 0.375. The summed E-state index contributed by atoms with van der Waals surface area (Å²) in [6, 6.07) is 11.5. The lowest BCUT2D eigenvalue weighted by Gasteiger charge is -2.34. The highest BCUT2D eigenvalue weighted by atomic mass is 32.2. The third kappa shape index (κ3) is 6.35. The summed E-state index contributed by atoms with van der Waals surface area (Å²) in [4.78, 5) is 12.9. The van der Waals surface area contributed by atoms with Gasteiger partial charge in [-0.2, -0.15) is 4.31 Å². The van der Waals surface area contributed by atoms with Crippen LogP contribution in [0.2, 0.25) is 0 Å². The van der Waals surface area contributed by atoms with Crippen LogP contribution in [0.1, 0.15) is 42.6 Å². The Balaban J connectivity index is 1.41. The molecule has 198 valence electrons. The number of hydrogen-bond donors (Lipinski definition) is 2. The Morgan fingerprint density at radius 3 is 2.11 bits per heavy atom. The van der Waals surface area contributed by atoms with Gasteiger partial charge in [-0.1, -0.05) is 32.1 Å². The number of piperidine rings is 1. The van der Waals surface area contributed by atoms with Crippen molar-refractivity contribution in [3.8, 4) is 0 Å². The molecule has 10 nitrogen and oxygen atoms in total. The highest BCUT2D eigenvalue weighted by molar-refractivity contribution is 7.93. The lowest BCUT2D eigenvalue weighted by molar-refractivity contribution is 0.102. The molecular weight excluding hydrogens is 534 g/mol. The van der Waals surface area contributed by atoms with Crippen LogP contribution in [-0.4, -0.2) is 50.3 Å². The van der Waals surface area contributed by atoms with Gasteiger partial charge in [0.05, 0.1) is 9.79 Å². The normalized spacial score (nSPS) is 18.9. The quantitative estimate of drug-likeness (QED) is 0.425. The molecule has 2 heterocycles. The maximum atomic E-state index is 13.1. The van der Waals surface area contributed by atoms with E-state index in [0.29, 0.717) is 37.0 Å². The first kappa shape index (κ1) is 27.2. The van der Waals surface area contributed by atoms with Crippen molar-refractivity contribution in [2.45, 2.75) is 43.4 Å². The number of carbonyl (C=O) groups is 1. The minimum absolute atomic E-state index is 0.00894. The zero-order valence-electron chi connectivity index (χ0n) is 20.7. The summed E-state index contributed by atoms with van der Waals surface area (Å²) < 4.78 is 55.2. The Labute approximate surface area is 221 Å². The topological polar surface area (TPSA) is 138 Å². The molecule has 13 heteroatoms. The predicted molar refractivity (Wildman–Crippen MR) is 143 cm³/mol. The Kier molecular flexibility index (Phi) is 7.97. The van der Waals surface area contributed by atoms with E-state index in [1.54, 1.807) is 0 Å². The third-order valence-electron chi connectivity index (χ3n) is 6.00. The monoisotopic (exact) mass is 563 g/mol. The molecule has 4 rings (SSSR count). The second-order valence-electron chi connectivity index (χ2n) is 9.23. The molecule has 2 aromatic carbocycles. The second kappa shape index (κ2) is 10.9. The van der Waals surface area contributed by atoms with Crippen molar-refractivity contribution in [2.24, 2.45) is 11.8 Å². The van der Waals surface area contributed by atoms with Gasteiger partial charge in [0.25, 0.3) is 15.9 Å². The van der Waals surface area contributed by atoms with Gasteiger partial charge in [-0.05, 0) is 73.2 Å². The van der Waals surface area contributed by atoms with Crippen LogP contribution < -0.4 is 10.0 Å². The summed E-state index contributed by atoms with van der Waals surface area (Å²) in [7, 11) is -7.50. The molecule has 2 N–H and O–H groups in total. The number of sulfonamides is 2. The van der Waals surface area contributed by atoms with Crippen LogP contribution in [0.3, 0.4) is 0 Å². The number of aromatic nitrogens is 2. The molecular formula is C24H29N5O5S3. The zero-order valence-corrected chi connectivity index (χ0v) is 23.2. The summed E-state index contributed by atoms with van der Waals surface area (Å²) in [5.41, 5.74) is 0.668. The van der Waals surface area contributed by atoms with Crippen LogP contribution in [0.25, 0.3) is 0 Å². The van der Waals surface area contributed by atoms with E-state index in [4.69, 9.17) is 0 Å². The number of nitrogens with one attached hydrogen (secondary N) is 2. The first-order valence-electron chi connectivity index (χ1n) is 11.8. The second-order valence-corrected chi connectivity index (χ2v) is 13.9. The fourth-order valence-electron chi connectivity index (χ4n) is 4.26. The number of carbonyl (C=O) groups excluding carboxylic acids is 1. The smallest absolute Gasteiger partial charge is 0.263 e. The molecule has 1 aromatic heterocycles. The summed E-state index contributed by atoms with van der Waals surface area (Å²) in [6.45, 7) is 6.96. The van der Waals surface area contributed by atoms with Gasteiger partial charge in [0.1, 0.15) is 5.01 Å². The maximum Gasteiger partial charge on any atom is 0.263 e. The van der Waals surface area contributed by atoms with Crippen molar-refractivity contribution < 1.29 is 21.6 Å². The average Bonchev–Trinajstić information content (AvgIpc) is 3.30. The third-order valence-corrected chi connectivity index (χ3v) is 10.3. The van der Waals surface area contributed by atoms with Crippen molar-refractivity contribution in [2.75, 3.05) is 23.1 Å². The van der Waals surface area contributed by atoms with E-state index in [0.717, 1.165) is 22.8 Å². The molecule has 1 aliphatic rings.